The summed E-state index contributed by atoms with van der Waals surface area (Å²) in [5, 5.41) is 4.43. The monoisotopic (exact) mass is 488 g/mol. The van der Waals surface area contributed by atoms with Gasteiger partial charge in [-0.15, -0.1) is 0 Å². The second kappa shape index (κ2) is 10.1. The molecule has 0 N–H and O–H groups in total. The summed E-state index contributed by atoms with van der Waals surface area (Å²) in [7, 11) is 0. The van der Waals surface area contributed by atoms with Crippen molar-refractivity contribution in [1.29, 1.82) is 0 Å². The van der Waals surface area contributed by atoms with Gasteiger partial charge in [0.25, 0.3) is 5.91 Å². The molecule has 1 saturated heterocycles. The number of ether oxygens (including phenoxy) is 1. The normalized spacial score (nSPS) is 13.6. The maximum atomic E-state index is 13.5. The van der Waals surface area contributed by atoms with E-state index in [0.29, 0.717) is 43.3 Å². The number of hydrogen-bond donors (Lipinski definition) is 0. The average Bonchev–Trinajstić information content (AvgIpc) is 3.60. The summed E-state index contributed by atoms with van der Waals surface area (Å²) >= 11 is 0. The number of hydrogen-bond acceptors (Lipinski definition) is 6. The quantitative estimate of drug-likeness (QED) is 0.374. The van der Waals surface area contributed by atoms with Crippen LogP contribution in [0.15, 0.2) is 77.4 Å². The predicted octanol–water partition coefficient (Wildman–Crippen LogP) is 4.41. The van der Waals surface area contributed by atoms with Gasteiger partial charge in [0.15, 0.2) is 11.5 Å². The van der Waals surface area contributed by atoms with E-state index >= 15 is 0 Å². The van der Waals surface area contributed by atoms with Crippen molar-refractivity contribution in [3.63, 3.8) is 0 Å². The Balaban J connectivity index is 1.35. The molecule has 0 radical (unpaired) electrons. The van der Waals surface area contributed by atoms with Crippen LogP contribution in [0.1, 0.15) is 28.0 Å². The number of nitrogens with zero attached hydrogens (tertiary/aromatic N) is 4. The third-order valence-electron chi connectivity index (χ3n) is 6.09. The largest absolute Gasteiger partial charge is 0.461 e. The molecule has 2 aromatic carbocycles. The molecule has 1 aliphatic rings. The van der Waals surface area contributed by atoms with Gasteiger partial charge in [-0.2, -0.15) is 5.10 Å². The van der Waals surface area contributed by atoms with Gasteiger partial charge in [0, 0.05) is 37.4 Å². The third kappa shape index (κ3) is 4.72. The summed E-state index contributed by atoms with van der Waals surface area (Å²) in [6, 6.07) is 18.9. The van der Waals surface area contributed by atoms with Crippen molar-refractivity contribution in [3.05, 3.63) is 90.3 Å². The number of rotatable bonds is 6. The van der Waals surface area contributed by atoms with Gasteiger partial charge >= 0.3 is 5.97 Å². The fraction of sp³-hybridized carbons (Fsp3) is 0.222. The van der Waals surface area contributed by atoms with Crippen molar-refractivity contribution in [2.24, 2.45) is 0 Å². The van der Waals surface area contributed by atoms with Crippen molar-refractivity contribution in [1.82, 2.24) is 14.7 Å². The van der Waals surface area contributed by atoms with E-state index in [1.165, 1.54) is 18.4 Å². The Morgan fingerprint density at radius 2 is 1.67 bits per heavy atom. The average molecular weight is 489 g/mol. The van der Waals surface area contributed by atoms with E-state index in [0.717, 1.165) is 11.3 Å². The zero-order chi connectivity index (χ0) is 25.1. The molecule has 36 heavy (non-hydrogen) atoms. The van der Waals surface area contributed by atoms with E-state index in [-0.39, 0.29) is 24.0 Å². The first-order chi connectivity index (χ1) is 17.5. The first kappa shape index (κ1) is 23.3. The maximum Gasteiger partial charge on any atom is 0.358 e. The molecule has 184 valence electrons. The standard InChI is InChI=1S/C27H25FN4O4/c1-2-35-27(34)23-18-24(32(29-23)22-11-7-20(28)8-12-22)19-5-9-21(10-6-19)30-13-15-31(16-14-30)26(33)25-4-3-17-36-25/h3-12,17-18H,2,13-16H2,1H3. The number of piperazine rings is 1. The second-order valence-electron chi connectivity index (χ2n) is 8.33. The first-order valence-corrected chi connectivity index (χ1v) is 11.7. The number of benzene rings is 2. The lowest BCUT2D eigenvalue weighted by Gasteiger charge is -2.35. The molecule has 3 heterocycles. The molecular formula is C27H25FN4O4. The molecule has 0 bridgehead atoms. The van der Waals surface area contributed by atoms with Crippen LogP contribution in [-0.2, 0) is 4.74 Å². The zero-order valence-electron chi connectivity index (χ0n) is 19.8. The lowest BCUT2D eigenvalue weighted by atomic mass is 10.1. The van der Waals surface area contributed by atoms with Crippen molar-refractivity contribution < 1.29 is 23.1 Å². The highest BCUT2D eigenvalue weighted by molar-refractivity contribution is 5.91. The molecule has 0 spiro atoms. The summed E-state index contributed by atoms with van der Waals surface area (Å²) in [6.45, 7) is 4.58. The van der Waals surface area contributed by atoms with Crippen LogP contribution in [0, 0.1) is 5.82 Å². The fourth-order valence-electron chi connectivity index (χ4n) is 4.24. The van der Waals surface area contributed by atoms with Crippen LogP contribution in [0.25, 0.3) is 16.9 Å². The van der Waals surface area contributed by atoms with E-state index < -0.39 is 5.97 Å². The minimum absolute atomic E-state index is 0.0959. The zero-order valence-corrected chi connectivity index (χ0v) is 19.8. The summed E-state index contributed by atoms with van der Waals surface area (Å²) in [6.07, 6.45) is 1.50. The van der Waals surface area contributed by atoms with Crippen LogP contribution in [-0.4, -0.2) is 59.3 Å². The minimum Gasteiger partial charge on any atom is -0.461 e. The molecular weight excluding hydrogens is 463 g/mol. The van der Waals surface area contributed by atoms with Crippen LogP contribution in [0.4, 0.5) is 10.1 Å². The summed E-state index contributed by atoms with van der Waals surface area (Å²) in [4.78, 5) is 28.9. The molecule has 4 aromatic rings. The minimum atomic E-state index is -0.516. The number of esters is 1. The van der Waals surface area contributed by atoms with Crippen molar-refractivity contribution >= 4 is 17.6 Å². The van der Waals surface area contributed by atoms with Gasteiger partial charge in [0.05, 0.1) is 24.3 Å². The van der Waals surface area contributed by atoms with Gasteiger partial charge < -0.3 is 19.0 Å². The smallest absolute Gasteiger partial charge is 0.358 e. The van der Waals surface area contributed by atoms with Gasteiger partial charge in [-0.05, 0) is 61.5 Å². The Hall–Kier alpha value is -4.40. The van der Waals surface area contributed by atoms with Gasteiger partial charge in [0.2, 0.25) is 0 Å². The van der Waals surface area contributed by atoms with E-state index in [2.05, 4.69) is 10.00 Å². The van der Waals surface area contributed by atoms with Gasteiger partial charge in [-0.3, -0.25) is 4.79 Å². The molecule has 1 fully saturated rings. The first-order valence-electron chi connectivity index (χ1n) is 11.7. The van der Waals surface area contributed by atoms with Crippen LogP contribution in [0.2, 0.25) is 0 Å². The lowest BCUT2D eigenvalue weighted by molar-refractivity contribution is 0.0518. The molecule has 2 aromatic heterocycles. The highest BCUT2D eigenvalue weighted by Crippen LogP contribution is 2.27. The van der Waals surface area contributed by atoms with E-state index in [4.69, 9.17) is 9.15 Å². The highest BCUT2D eigenvalue weighted by atomic mass is 19.1. The summed E-state index contributed by atoms with van der Waals surface area (Å²) < 4.78 is 25.4. The van der Waals surface area contributed by atoms with Crippen molar-refractivity contribution in [3.8, 4) is 16.9 Å². The molecule has 0 atom stereocenters. The third-order valence-corrected chi connectivity index (χ3v) is 6.09. The number of carbonyl (C=O) groups excluding carboxylic acids is 2. The highest BCUT2D eigenvalue weighted by Gasteiger charge is 2.24. The lowest BCUT2D eigenvalue weighted by Crippen LogP contribution is -2.48. The molecule has 9 heteroatoms. The molecule has 0 unspecified atom stereocenters. The van der Waals surface area contributed by atoms with Crippen LogP contribution >= 0.6 is 0 Å². The molecule has 0 saturated carbocycles. The number of halogens is 1. The molecule has 5 rings (SSSR count). The van der Waals surface area contributed by atoms with E-state index in [1.54, 1.807) is 46.8 Å². The van der Waals surface area contributed by atoms with Gasteiger partial charge in [0.1, 0.15) is 5.82 Å². The molecule has 8 nitrogen and oxygen atoms in total. The van der Waals surface area contributed by atoms with Gasteiger partial charge in [-0.1, -0.05) is 12.1 Å². The van der Waals surface area contributed by atoms with Crippen LogP contribution in [0.5, 0.6) is 0 Å². The predicted molar refractivity (Wildman–Crippen MR) is 132 cm³/mol. The number of aromatic nitrogens is 2. The summed E-state index contributed by atoms with van der Waals surface area (Å²) in [5.74, 6) is -0.610. The van der Waals surface area contributed by atoms with Crippen molar-refractivity contribution in [2.75, 3.05) is 37.7 Å². The second-order valence-corrected chi connectivity index (χ2v) is 8.33. The number of furan rings is 1. The Labute approximate surface area is 207 Å². The number of anilines is 1. The topological polar surface area (TPSA) is 80.8 Å². The molecule has 0 aliphatic carbocycles. The summed E-state index contributed by atoms with van der Waals surface area (Å²) in [5.41, 5.74) is 3.37. The van der Waals surface area contributed by atoms with Crippen molar-refractivity contribution in [2.45, 2.75) is 6.92 Å². The Kier molecular flexibility index (Phi) is 6.53. The number of carbonyl (C=O) groups is 2. The van der Waals surface area contributed by atoms with Crippen LogP contribution in [0.3, 0.4) is 0 Å². The molecule has 1 amide bonds. The number of amides is 1. The van der Waals surface area contributed by atoms with Crippen LogP contribution < -0.4 is 4.90 Å². The Bertz CT molecular complexity index is 1340. The van der Waals surface area contributed by atoms with E-state index in [9.17, 15) is 14.0 Å². The maximum absolute atomic E-state index is 13.5. The van der Waals surface area contributed by atoms with Gasteiger partial charge in [-0.25, -0.2) is 13.9 Å². The fourth-order valence-corrected chi connectivity index (χ4v) is 4.24. The van der Waals surface area contributed by atoms with E-state index in [1.807, 2.05) is 24.3 Å². The Morgan fingerprint density at radius 3 is 2.31 bits per heavy atom. The molecule has 1 aliphatic heterocycles. The SMILES string of the molecule is CCOC(=O)c1cc(-c2ccc(N3CCN(C(=O)c4ccco4)CC3)cc2)n(-c2ccc(F)cc2)n1. The Morgan fingerprint density at radius 1 is 0.972 bits per heavy atom.